The molecule has 0 unspecified atom stereocenters. The van der Waals surface area contributed by atoms with Crippen molar-refractivity contribution in [1.82, 2.24) is 15.4 Å². The minimum atomic E-state index is -0.364. The second-order valence-electron chi connectivity index (χ2n) is 10.1. The van der Waals surface area contributed by atoms with Crippen molar-refractivity contribution < 1.29 is 8.91 Å². The zero-order valence-corrected chi connectivity index (χ0v) is 19.9. The van der Waals surface area contributed by atoms with Gasteiger partial charge >= 0.3 is 0 Å². The monoisotopic (exact) mass is 486 g/mol. The van der Waals surface area contributed by atoms with Gasteiger partial charge in [-0.1, -0.05) is 35.0 Å². The first-order chi connectivity index (χ1) is 17.1. The minimum Gasteiger partial charge on any atom is -0.371 e. The van der Waals surface area contributed by atoms with E-state index in [-0.39, 0.29) is 11.2 Å². The molecule has 1 saturated heterocycles. The Morgan fingerprint density at radius 1 is 1.06 bits per heavy atom. The molecule has 1 saturated carbocycles. The number of aromatic nitrogens is 3. The van der Waals surface area contributed by atoms with Gasteiger partial charge in [0.15, 0.2) is 0 Å². The summed E-state index contributed by atoms with van der Waals surface area (Å²) in [6.45, 7) is 1.97. The molecule has 35 heavy (non-hydrogen) atoms. The van der Waals surface area contributed by atoms with Gasteiger partial charge in [0.05, 0.1) is 22.3 Å². The first-order valence-corrected chi connectivity index (χ1v) is 12.6. The fourth-order valence-corrected chi connectivity index (χ4v) is 5.96. The van der Waals surface area contributed by atoms with Crippen LogP contribution in [0.1, 0.15) is 49.3 Å². The molecule has 0 amide bonds. The first kappa shape index (κ1) is 21.1. The fourth-order valence-electron chi connectivity index (χ4n) is 5.71. The second-order valence-corrected chi connectivity index (χ2v) is 10.5. The highest BCUT2D eigenvalue weighted by molar-refractivity contribution is 6.33. The molecule has 7 rings (SSSR count). The third-order valence-electron chi connectivity index (χ3n) is 7.83. The Balaban J connectivity index is 1.16. The number of hydrogen-bond donors (Lipinski definition) is 0. The van der Waals surface area contributed by atoms with Crippen molar-refractivity contribution in [3.05, 3.63) is 76.9 Å². The van der Waals surface area contributed by atoms with Crippen LogP contribution < -0.4 is 4.90 Å². The van der Waals surface area contributed by atoms with Gasteiger partial charge in [-0.15, -0.1) is 0 Å². The van der Waals surface area contributed by atoms with Crippen LogP contribution in [0.5, 0.6) is 0 Å². The molecule has 0 bridgehead atoms. The van der Waals surface area contributed by atoms with Crippen LogP contribution in [-0.2, 0) is 0 Å². The predicted octanol–water partition coefficient (Wildman–Crippen LogP) is 7.03. The summed E-state index contributed by atoms with van der Waals surface area (Å²) in [4.78, 5) is 2.44. The lowest BCUT2D eigenvalue weighted by Gasteiger charge is -2.47. The second kappa shape index (κ2) is 7.89. The van der Waals surface area contributed by atoms with E-state index in [4.69, 9.17) is 16.1 Å². The fraction of sp³-hybridized carbons (Fsp3) is 0.321. The van der Waals surface area contributed by atoms with E-state index in [0.29, 0.717) is 22.2 Å². The van der Waals surface area contributed by atoms with Crippen LogP contribution in [0.3, 0.4) is 0 Å². The predicted molar refractivity (Wildman–Crippen MR) is 135 cm³/mol. The normalized spacial score (nSPS) is 19.1. The Bertz CT molecular complexity index is 1460. The quantitative estimate of drug-likeness (QED) is 0.310. The Morgan fingerprint density at radius 2 is 1.89 bits per heavy atom. The molecule has 0 atom stereocenters. The molecule has 2 aromatic heterocycles. The van der Waals surface area contributed by atoms with Crippen molar-refractivity contribution in [1.29, 1.82) is 0 Å². The van der Waals surface area contributed by atoms with Gasteiger partial charge in [-0.3, -0.25) is 0 Å². The van der Waals surface area contributed by atoms with Gasteiger partial charge in [0.1, 0.15) is 17.3 Å². The Kier molecular flexibility index (Phi) is 4.75. The van der Waals surface area contributed by atoms with Crippen molar-refractivity contribution in [2.24, 2.45) is 5.41 Å². The molecule has 0 radical (unpaired) electrons. The standard InChI is InChI=1S/C28H24ClFN4O/c29-21-2-1-3-22(30)25(21)26-24(27(35-33-26)18-4-5-18)19-15-28(16-19)9-12-34(13-10-28)20-7-6-17-8-11-31-32-23(17)14-20/h1-3,6-8,11,14-15,18H,4-5,9-10,12-13,16H2. The number of rotatable bonds is 4. The lowest BCUT2D eigenvalue weighted by molar-refractivity contribution is 0.277. The molecule has 176 valence electrons. The molecular formula is C28H24ClFN4O. The highest BCUT2D eigenvalue weighted by Gasteiger charge is 2.44. The third kappa shape index (κ3) is 3.54. The zero-order valence-electron chi connectivity index (χ0n) is 19.2. The summed E-state index contributed by atoms with van der Waals surface area (Å²) in [7, 11) is 0. The summed E-state index contributed by atoms with van der Waals surface area (Å²) in [5, 5.41) is 14.1. The van der Waals surface area contributed by atoms with E-state index in [1.165, 1.54) is 17.3 Å². The Hall–Kier alpha value is -3.25. The molecule has 2 aromatic carbocycles. The lowest BCUT2D eigenvalue weighted by atomic mass is 9.63. The number of allylic oxidation sites excluding steroid dienone is 2. The average molecular weight is 487 g/mol. The van der Waals surface area contributed by atoms with Crippen LogP contribution >= 0.6 is 11.6 Å². The van der Waals surface area contributed by atoms with Crippen LogP contribution in [0.15, 0.2) is 59.3 Å². The van der Waals surface area contributed by atoms with Crippen molar-refractivity contribution >= 4 is 33.8 Å². The average Bonchev–Trinajstić information content (AvgIpc) is 3.62. The van der Waals surface area contributed by atoms with Gasteiger partial charge in [0, 0.05) is 35.6 Å². The molecule has 0 N–H and O–H groups in total. The molecule has 5 nitrogen and oxygen atoms in total. The van der Waals surface area contributed by atoms with Crippen molar-refractivity contribution in [2.75, 3.05) is 18.0 Å². The molecule has 4 aromatic rings. The molecule has 7 heteroatoms. The summed E-state index contributed by atoms with van der Waals surface area (Å²) in [5.41, 5.74) is 5.38. The molecule has 3 heterocycles. The number of nitrogens with zero attached hydrogens (tertiary/aromatic N) is 4. The highest BCUT2D eigenvalue weighted by atomic mass is 35.5. The molecule has 2 aliphatic carbocycles. The molecule has 2 fully saturated rings. The maximum Gasteiger partial charge on any atom is 0.147 e. The van der Waals surface area contributed by atoms with E-state index in [0.717, 1.165) is 67.4 Å². The number of fused-ring (bicyclic) bond motifs is 1. The number of anilines is 1. The molecule has 1 spiro atoms. The van der Waals surface area contributed by atoms with Gasteiger partial charge in [-0.05, 0) is 73.4 Å². The van der Waals surface area contributed by atoms with Crippen LogP contribution in [0.2, 0.25) is 5.02 Å². The van der Waals surface area contributed by atoms with Crippen molar-refractivity contribution in [3.8, 4) is 11.3 Å². The number of piperidine rings is 1. The first-order valence-electron chi connectivity index (χ1n) is 12.2. The largest absolute Gasteiger partial charge is 0.371 e. The van der Waals surface area contributed by atoms with Crippen molar-refractivity contribution in [2.45, 2.75) is 38.0 Å². The number of benzene rings is 2. The van der Waals surface area contributed by atoms with E-state index in [2.05, 4.69) is 44.5 Å². The lowest BCUT2D eigenvalue weighted by Crippen LogP contribution is -2.42. The molecular weight excluding hydrogens is 463 g/mol. The number of halogens is 2. The van der Waals surface area contributed by atoms with Crippen LogP contribution in [0, 0.1) is 11.2 Å². The minimum absolute atomic E-state index is 0.177. The van der Waals surface area contributed by atoms with Gasteiger partial charge in [-0.25, -0.2) is 4.39 Å². The Morgan fingerprint density at radius 3 is 2.66 bits per heavy atom. The van der Waals surface area contributed by atoms with Crippen LogP contribution in [0.25, 0.3) is 27.7 Å². The summed E-state index contributed by atoms with van der Waals surface area (Å²) in [6.07, 6.45) is 9.43. The topological polar surface area (TPSA) is 55.1 Å². The third-order valence-corrected chi connectivity index (χ3v) is 8.15. The summed E-state index contributed by atoms with van der Waals surface area (Å²) < 4.78 is 20.6. The number of hydrogen-bond acceptors (Lipinski definition) is 5. The molecule has 3 aliphatic rings. The van der Waals surface area contributed by atoms with Crippen LogP contribution in [0.4, 0.5) is 10.1 Å². The highest BCUT2D eigenvalue weighted by Crippen LogP contribution is 2.56. The van der Waals surface area contributed by atoms with Gasteiger partial charge < -0.3 is 9.42 Å². The summed E-state index contributed by atoms with van der Waals surface area (Å²) >= 11 is 6.40. The smallest absolute Gasteiger partial charge is 0.147 e. The maximum absolute atomic E-state index is 14.8. The summed E-state index contributed by atoms with van der Waals surface area (Å²) in [6, 6.07) is 13.2. The van der Waals surface area contributed by atoms with Crippen molar-refractivity contribution in [3.63, 3.8) is 0 Å². The van der Waals surface area contributed by atoms with Gasteiger partial charge in [0.2, 0.25) is 0 Å². The van der Waals surface area contributed by atoms with Crippen LogP contribution in [-0.4, -0.2) is 28.4 Å². The van der Waals surface area contributed by atoms with E-state index < -0.39 is 0 Å². The SMILES string of the molecule is Fc1cccc(Cl)c1-c1noc(C2CC2)c1C1=CC2(CCN(c3ccc4ccnnc4c3)CC2)C1. The molecule has 1 aliphatic heterocycles. The van der Waals surface area contributed by atoms with Gasteiger partial charge in [-0.2, -0.15) is 10.2 Å². The zero-order chi connectivity index (χ0) is 23.6. The van der Waals surface area contributed by atoms with Gasteiger partial charge in [0.25, 0.3) is 0 Å². The maximum atomic E-state index is 14.8. The summed E-state index contributed by atoms with van der Waals surface area (Å²) in [5.74, 6) is 0.916. The van der Waals surface area contributed by atoms with E-state index in [1.54, 1.807) is 18.3 Å². The van der Waals surface area contributed by atoms with E-state index in [9.17, 15) is 4.39 Å². The Labute approximate surface area is 207 Å². The van der Waals surface area contributed by atoms with E-state index >= 15 is 0 Å². The van der Waals surface area contributed by atoms with E-state index in [1.807, 2.05) is 6.07 Å².